The maximum atomic E-state index is 13.3. The zero-order valence-electron chi connectivity index (χ0n) is 21.9. The first-order valence-electron chi connectivity index (χ1n) is 12.2. The van der Waals surface area contributed by atoms with E-state index in [4.69, 9.17) is 9.84 Å². The zero-order valence-corrected chi connectivity index (χ0v) is 22.7. The highest BCUT2D eigenvalue weighted by Crippen LogP contribution is 2.26. The third-order valence-corrected chi connectivity index (χ3v) is 8.04. The Bertz CT molecular complexity index is 1310. The number of carboxylic acid groups (broad SMARTS) is 1. The largest absolute Gasteiger partial charge is 0.480 e. The molecule has 39 heavy (non-hydrogen) atoms. The molecular weight excluding hydrogens is 528 g/mol. The molecule has 2 aromatic carbocycles. The molecule has 1 fully saturated rings. The summed E-state index contributed by atoms with van der Waals surface area (Å²) in [6.07, 6.45) is 0.150. The molecule has 0 spiro atoms. The molecule has 2 atom stereocenters. The smallest absolute Gasteiger partial charge is 0.414 e. The van der Waals surface area contributed by atoms with Crippen LogP contribution in [0.1, 0.15) is 24.0 Å². The van der Waals surface area contributed by atoms with Gasteiger partial charge in [-0.25, -0.2) is 13.2 Å². The molecule has 0 saturated carbocycles. The van der Waals surface area contributed by atoms with Crippen LogP contribution in [-0.2, 0) is 30.8 Å². The van der Waals surface area contributed by atoms with Gasteiger partial charge in [0.25, 0.3) is 0 Å². The van der Waals surface area contributed by atoms with E-state index >= 15 is 0 Å². The molecule has 3 N–H and O–H groups in total. The number of ether oxygens (including phenoxy) is 1. The van der Waals surface area contributed by atoms with Crippen molar-refractivity contribution >= 4 is 33.9 Å². The van der Waals surface area contributed by atoms with Crippen molar-refractivity contribution in [1.82, 2.24) is 19.8 Å². The minimum absolute atomic E-state index is 0.0173. The summed E-state index contributed by atoms with van der Waals surface area (Å²) in [5.41, 5.74) is 1.48. The maximum absolute atomic E-state index is 13.3. The number of aliphatic carboxylic acids is 1. The first-order chi connectivity index (χ1) is 18.4. The topological polar surface area (TPSA) is 162 Å². The summed E-state index contributed by atoms with van der Waals surface area (Å²) in [6, 6.07) is 10.4. The van der Waals surface area contributed by atoms with Crippen molar-refractivity contribution in [3.05, 3.63) is 59.7 Å². The maximum Gasteiger partial charge on any atom is 0.414 e. The zero-order chi connectivity index (χ0) is 28.7. The molecule has 0 unspecified atom stereocenters. The van der Waals surface area contributed by atoms with Crippen molar-refractivity contribution < 1.29 is 37.4 Å². The van der Waals surface area contributed by atoms with Gasteiger partial charge in [-0.2, -0.15) is 4.31 Å². The van der Waals surface area contributed by atoms with E-state index in [0.29, 0.717) is 12.0 Å². The molecule has 0 radical (unpaired) electrons. The highest BCUT2D eigenvalue weighted by Gasteiger charge is 2.40. The second-order valence-corrected chi connectivity index (χ2v) is 11.3. The van der Waals surface area contributed by atoms with E-state index in [1.165, 1.54) is 43.3 Å². The summed E-state index contributed by atoms with van der Waals surface area (Å²) in [5.74, 6) is -2.38. The lowest BCUT2D eigenvalue weighted by atomic mass is 10.0. The lowest BCUT2D eigenvalue weighted by Crippen LogP contribution is -2.54. The van der Waals surface area contributed by atoms with Crippen LogP contribution in [0, 0.1) is 6.92 Å². The van der Waals surface area contributed by atoms with Crippen LogP contribution >= 0.6 is 0 Å². The molecule has 1 saturated heterocycles. The van der Waals surface area contributed by atoms with Gasteiger partial charge in [0.05, 0.1) is 4.90 Å². The monoisotopic (exact) mass is 560 g/mol. The number of hydrogen-bond acceptors (Lipinski definition) is 7. The summed E-state index contributed by atoms with van der Waals surface area (Å²) in [6.45, 7) is 1.33. The van der Waals surface area contributed by atoms with Gasteiger partial charge in [-0.15, -0.1) is 0 Å². The Morgan fingerprint density at radius 2 is 1.72 bits per heavy atom. The lowest BCUT2D eigenvalue weighted by molar-refractivity contribution is -0.138. The fourth-order valence-electron chi connectivity index (χ4n) is 4.02. The van der Waals surface area contributed by atoms with Crippen LogP contribution in [0.25, 0.3) is 0 Å². The van der Waals surface area contributed by atoms with E-state index in [9.17, 15) is 27.6 Å². The van der Waals surface area contributed by atoms with Crippen LogP contribution in [0.15, 0.2) is 53.4 Å². The highest BCUT2D eigenvalue weighted by molar-refractivity contribution is 7.89. The number of nitrogens with one attached hydrogen (secondary N) is 2. The van der Waals surface area contributed by atoms with E-state index in [0.717, 1.165) is 9.87 Å². The van der Waals surface area contributed by atoms with Crippen molar-refractivity contribution in [3.8, 4) is 5.75 Å². The van der Waals surface area contributed by atoms with E-state index in [1.54, 1.807) is 24.3 Å². The van der Waals surface area contributed by atoms with E-state index in [-0.39, 0.29) is 30.0 Å². The predicted octanol–water partition coefficient (Wildman–Crippen LogP) is 1.14. The van der Waals surface area contributed by atoms with E-state index < -0.39 is 52.5 Å². The molecule has 13 heteroatoms. The quantitative estimate of drug-likeness (QED) is 0.390. The molecule has 1 aliphatic heterocycles. The number of carboxylic acids is 1. The molecule has 0 aromatic heterocycles. The normalized spacial score (nSPS) is 16.2. The highest BCUT2D eigenvalue weighted by atomic mass is 32.2. The van der Waals surface area contributed by atoms with Crippen molar-refractivity contribution in [2.75, 3.05) is 27.2 Å². The van der Waals surface area contributed by atoms with Crippen LogP contribution < -0.4 is 15.4 Å². The number of amides is 3. The third kappa shape index (κ3) is 7.77. The standard InChI is InChI=1S/C26H32N4O8S/c1-17-6-12-20(13-7-17)39(36,37)30-14-4-5-22(30)25(34)28-21(24(33)27-16-23(31)32)15-18-8-10-19(11-9-18)38-26(35)29(2)3/h6-13,21-22H,4-5,14-16H2,1-3H3,(H,27,33)(H,28,34)(H,31,32)/t21-,22-/m0/s1. The molecule has 12 nitrogen and oxygen atoms in total. The molecule has 2 aromatic rings. The first kappa shape index (κ1) is 29.6. The van der Waals surface area contributed by atoms with Crippen LogP contribution in [-0.4, -0.2) is 85.9 Å². The van der Waals surface area contributed by atoms with Gasteiger partial charge in [-0.1, -0.05) is 29.8 Å². The number of aryl methyl sites for hydroxylation is 1. The minimum atomic E-state index is -3.96. The van der Waals surface area contributed by atoms with Gasteiger partial charge < -0.3 is 25.4 Å². The van der Waals surface area contributed by atoms with Crippen molar-refractivity contribution in [2.45, 2.75) is 43.2 Å². The van der Waals surface area contributed by atoms with Gasteiger partial charge in [0.1, 0.15) is 24.4 Å². The SMILES string of the molecule is Cc1ccc(S(=O)(=O)N2CCC[C@H]2C(=O)N[C@@H](Cc2ccc(OC(=O)N(C)C)cc2)C(=O)NCC(=O)O)cc1. The molecule has 0 aliphatic carbocycles. The van der Waals surface area contributed by atoms with Gasteiger partial charge in [0.2, 0.25) is 21.8 Å². The van der Waals surface area contributed by atoms with Crippen LogP contribution in [0.4, 0.5) is 4.79 Å². The Hall–Kier alpha value is -3.97. The fraction of sp³-hybridized carbons (Fsp3) is 0.385. The van der Waals surface area contributed by atoms with Gasteiger partial charge >= 0.3 is 12.1 Å². The number of nitrogens with zero attached hydrogens (tertiary/aromatic N) is 2. The summed E-state index contributed by atoms with van der Waals surface area (Å²) in [7, 11) is -0.880. The van der Waals surface area contributed by atoms with Crippen molar-refractivity contribution in [1.29, 1.82) is 0 Å². The number of carbonyl (C=O) groups is 4. The van der Waals surface area contributed by atoms with Crippen LogP contribution in [0.3, 0.4) is 0 Å². The summed E-state index contributed by atoms with van der Waals surface area (Å²) < 4.78 is 32.8. The van der Waals surface area contributed by atoms with Crippen molar-refractivity contribution in [2.24, 2.45) is 0 Å². The Morgan fingerprint density at radius 3 is 2.31 bits per heavy atom. The molecule has 3 amide bonds. The second-order valence-electron chi connectivity index (χ2n) is 9.37. The van der Waals surface area contributed by atoms with Crippen LogP contribution in [0.5, 0.6) is 5.75 Å². The average molecular weight is 561 g/mol. The van der Waals surface area contributed by atoms with E-state index in [2.05, 4.69) is 10.6 Å². The van der Waals surface area contributed by atoms with Crippen LogP contribution in [0.2, 0.25) is 0 Å². The molecule has 1 heterocycles. The van der Waals surface area contributed by atoms with Gasteiger partial charge in [0.15, 0.2) is 0 Å². The number of hydrogen-bond donors (Lipinski definition) is 3. The Labute approximate surface area is 227 Å². The summed E-state index contributed by atoms with van der Waals surface area (Å²) in [4.78, 5) is 50.2. The predicted molar refractivity (Wildman–Crippen MR) is 141 cm³/mol. The number of benzene rings is 2. The van der Waals surface area contributed by atoms with E-state index in [1.807, 2.05) is 6.92 Å². The van der Waals surface area contributed by atoms with Gasteiger partial charge in [-0.3, -0.25) is 14.4 Å². The second kappa shape index (κ2) is 12.7. The lowest BCUT2D eigenvalue weighted by Gasteiger charge is -2.26. The average Bonchev–Trinajstić information content (AvgIpc) is 3.39. The van der Waals surface area contributed by atoms with Gasteiger partial charge in [-0.05, 0) is 49.6 Å². The minimum Gasteiger partial charge on any atom is -0.480 e. The molecule has 210 valence electrons. The number of rotatable bonds is 10. The summed E-state index contributed by atoms with van der Waals surface area (Å²) >= 11 is 0. The molecule has 1 aliphatic rings. The Kier molecular flexibility index (Phi) is 9.65. The first-order valence-corrected chi connectivity index (χ1v) is 13.7. The van der Waals surface area contributed by atoms with Crippen molar-refractivity contribution in [3.63, 3.8) is 0 Å². The number of carbonyl (C=O) groups excluding carboxylic acids is 3. The molecule has 0 bridgehead atoms. The van der Waals surface area contributed by atoms with Gasteiger partial charge in [0, 0.05) is 27.1 Å². The fourth-order valence-corrected chi connectivity index (χ4v) is 5.68. The Morgan fingerprint density at radius 1 is 1.08 bits per heavy atom. The molecular formula is C26H32N4O8S. The molecule has 3 rings (SSSR count). The third-order valence-electron chi connectivity index (χ3n) is 6.11. The number of sulfonamides is 1. The Balaban J connectivity index is 1.77. The summed E-state index contributed by atoms with van der Waals surface area (Å²) in [5, 5.41) is 13.8.